The van der Waals surface area contributed by atoms with Crippen LogP contribution in [0.3, 0.4) is 0 Å². The zero-order valence-corrected chi connectivity index (χ0v) is 14.1. The van der Waals surface area contributed by atoms with Crippen LogP contribution in [0.4, 0.5) is 0 Å². The predicted octanol–water partition coefficient (Wildman–Crippen LogP) is 4.67. The van der Waals surface area contributed by atoms with Crippen LogP contribution in [0.5, 0.6) is 0 Å². The molecule has 0 spiro atoms. The Labute approximate surface area is 130 Å². The van der Waals surface area contributed by atoms with E-state index in [2.05, 4.69) is 22.5 Å². The summed E-state index contributed by atoms with van der Waals surface area (Å²) in [5.74, 6) is 0.187. The molecule has 0 radical (unpaired) electrons. The molecular weight excluding hydrogens is 316 g/mol. The Morgan fingerprint density at radius 2 is 2.25 bits per heavy atom. The first kappa shape index (κ1) is 17.1. The number of Topliss-reactive ketones (excluding diaryl/α,β-unsaturated/α-hetero) is 1. The van der Waals surface area contributed by atoms with Crippen molar-refractivity contribution in [3.63, 3.8) is 0 Å². The van der Waals surface area contributed by atoms with E-state index in [-0.39, 0.29) is 11.9 Å². The minimum absolute atomic E-state index is 0.0597. The van der Waals surface area contributed by atoms with E-state index in [1.807, 2.05) is 38.1 Å². The van der Waals surface area contributed by atoms with Crippen LogP contribution in [0.2, 0.25) is 0 Å². The van der Waals surface area contributed by atoms with E-state index in [0.717, 1.165) is 22.9 Å². The topological polar surface area (TPSA) is 26.3 Å². The second-order valence-corrected chi connectivity index (χ2v) is 6.23. The molecule has 0 heterocycles. The van der Waals surface area contributed by atoms with Gasteiger partial charge in [-0.1, -0.05) is 34.1 Å². The molecule has 0 aromatic heterocycles. The molecule has 110 valence electrons. The molecule has 0 aliphatic heterocycles. The summed E-state index contributed by atoms with van der Waals surface area (Å²) in [6, 6.07) is 7.98. The molecule has 0 bridgehead atoms. The fourth-order valence-electron chi connectivity index (χ4n) is 2.12. The van der Waals surface area contributed by atoms with Crippen LogP contribution >= 0.6 is 15.9 Å². The van der Waals surface area contributed by atoms with Crippen LogP contribution in [-0.4, -0.2) is 18.5 Å². The molecule has 3 heteroatoms. The summed E-state index contributed by atoms with van der Waals surface area (Å²) in [4.78, 5) is 12.1. The third kappa shape index (κ3) is 4.57. The van der Waals surface area contributed by atoms with Crippen molar-refractivity contribution >= 4 is 21.7 Å². The molecule has 0 aliphatic carbocycles. The van der Waals surface area contributed by atoms with Crippen molar-refractivity contribution < 1.29 is 9.53 Å². The molecule has 2 nitrogen and oxygen atoms in total. The SMILES string of the molecule is C=CC(C)OCCCC(C)(C(C)=O)c1cccc(Br)c1. The van der Waals surface area contributed by atoms with Gasteiger partial charge < -0.3 is 4.74 Å². The van der Waals surface area contributed by atoms with E-state index < -0.39 is 5.41 Å². The van der Waals surface area contributed by atoms with Crippen molar-refractivity contribution in [2.45, 2.75) is 45.1 Å². The van der Waals surface area contributed by atoms with Gasteiger partial charge in [-0.2, -0.15) is 0 Å². The van der Waals surface area contributed by atoms with Crippen LogP contribution in [0.25, 0.3) is 0 Å². The van der Waals surface area contributed by atoms with Gasteiger partial charge in [-0.3, -0.25) is 4.79 Å². The van der Waals surface area contributed by atoms with Gasteiger partial charge in [-0.05, 0) is 51.3 Å². The monoisotopic (exact) mass is 338 g/mol. The Bertz CT molecular complexity index is 470. The van der Waals surface area contributed by atoms with Gasteiger partial charge in [-0.15, -0.1) is 6.58 Å². The van der Waals surface area contributed by atoms with E-state index in [1.54, 1.807) is 13.0 Å². The molecule has 1 rings (SSSR count). The van der Waals surface area contributed by atoms with Gasteiger partial charge in [0.15, 0.2) is 0 Å². The summed E-state index contributed by atoms with van der Waals surface area (Å²) in [5.41, 5.74) is 0.598. The molecule has 0 amide bonds. The lowest BCUT2D eigenvalue weighted by Crippen LogP contribution is -2.31. The van der Waals surface area contributed by atoms with Crippen molar-refractivity contribution in [2.24, 2.45) is 0 Å². The quantitative estimate of drug-likeness (QED) is 0.508. The van der Waals surface area contributed by atoms with Crippen LogP contribution < -0.4 is 0 Å². The fraction of sp³-hybridized carbons (Fsp3) is 0.471. The Morgan fingerprint density at radius 1 is 1.55 bits per heavy atom. The number of carbonyl (C=O) groups excluding carboxylic acids is 1. The molecule has 1 aromatic carbocycles. The average molecular weight is 339 g/mol. The normalized spacial score (nSPS) is 15.4. The molecule has 1 aromatic rings. The lowest BCUT2D eigenvalue weighted by molar-refractivity contribution is -0.122. The van der Waals surface area contributed by atoms with Crippen molar-refractivity contribution in [3.05, 3.63) is 47.0 Å². The maximum absolute atomic E-state index is 12.1. The maximum atomic E-state index is 12.1. The summed E-state index contributed by atoms with van der Waals surface area (Å²) in [5, 5.41) is 0. The summed E-state index contributed by atoms with van der Waals surface area (Å²) in [7, 11) is 0. The van der Waals surface area contributed by atoms with E-state index in [9.17, 15) is 4.79 Å². The van der Waals surface area contributed by atoms with Crippen LogP contribution in [0.1, 0.15) is 39.2 Å². The summed E-state index contributed by atoms with van der Waals surface area (Å²) >= 11 is 3.47. The minimum Gasteiger partial charge on any atom is -0.374 e. The molecule has 0 saturated heterocycles. The second-order valence-electron chi connectivity index (χ2n) is 5.31. The number of ketones is 1. The van der Waals surface area contributed by atoms with Gasteiger partial charge in [0, 0.05) is 11.1 Å². The van der Waals surface area contributed by atoms with Gasteiger partial charge in [0.1, 0.15) is 5.78 Å². The highest BCUT2D eigenvalue weighted by molar-refractivity contribution is 9.10. The number of benzene rings is 1. The number of rotatable bonds is 8. The Hall–Kier alpha value is -0.930. The zero-order valence-electron chi connectivity index (χ0n) is 12.5. The maximum Gasteiger partial charge on any atom is 0.140 e. The van der Waals surface area contributed by atoms with Crippen LogP contribution in [0.15, 0.2) is 41.4 Å². The first-order chi connectivity index (χ1) is 9.40. The lowest BCUT2D eigenvalue weighted by Gasteiger charge is -2.27. The molecule has 0 saturated carbocycles. The van der Waals surface area contributed by atoms with Gasteiger partial charge in [-0.25, -0.2) is 0 Å². The van der Waals surface area contributed by atoms with Crippen molar-refractivity contribution in [1.82, 2.24) is 0 Å². The zero-order chi connectivity index (χ0) is 15.2. The van der Waals surface area contributed by atoms with E-state index >= 15 is 0 Å². The summed E-state index contributed by atoms with van der Waals surface area (Å²) in [6.45, 7) is 9.96. The molecule has 2 unspecified atom stereocenters. The summed E-state index contributed by atoms with van der Waals surface area (Å²) < 4.78 is 6.59. The van der Waals surface area contributed by atoms with Crippen molar-refractivity contribution in [3.8, 4) is 0 Å². The molecule has 0 N–H and O–H groups in total. The third-order valence-electron chi connectivity index (χ3n) is 3.77. The van der Waals surface area contributed by atoms with Crippen LogP contribution in [-0.2, 0) is 14.9 Å². The van der Waals surface area contributed by atoms with Crippen molar-refractivity contribution in [2.75, 3.05) is 6.61 Å². The molecular formula is C17H23BrO2. The minimum atomic E-state index is -0.454. The summed E-state index contributed by atoms with van der Waals surface area (Å²) in [6.07, 6.45) is 3.46. The first-order valence-corrected chi connectivity index (χ1v) is 7.70. The standard InChI is InChI=1S/C17H23BrO2/c1-5-13(2)20-11-7-10-17(4,14(3)19)15-8-6-9-16(18)12-15/h5-6,8-9,12-13H,1,7,10-11H2,2-4H3. The Morgan fingerprint density at radius 3 is 2.80 bits per heavy atom. The third-order valence-corrected chi connectivity index (χ3v) is 4.27. The molecule has 2 atom stereocenters. The van der Waals surface area contributed by atoms with E-state index in [0.29, 0.717) is 6.61 Å². The van der Waals surface area contributed by atoms with Gasteiger partial charge in [0.25, 0.3) is 0 Å². The smallest absolute Gasteiger partial charge is 0.140 e. The number of halogens is 1. The van der Waals surface area contributed by atoms with Gasteiger partial charge in [0.2, 0.25) is 0 Å². The molecule has 0 fully saturated rings. The van der Waals surface area contributed by atoms with Crippen LogP contribution in [0, 0.1) is 0 Å². The number of hydrogen-bond donors (Lipinski definition) is 0. The Kier molecular flexibility index (Phi) is 6.63. The van der Waals surface area contributed by atoms with Gasteiger partial charge in [0.05, 0.1) is 11.5 Å². The predicted molar refractivity (Wildman–Crippen MR) is 87.0 cm³/mol. The van der Waals surface area contributed by atoms with Gasteiger partial charge >= 0.3 is 0 Å². The fourth-order valence-corrected chi connectivity index (χ4v) is 2.52. The first-order valence-electron chi connectivity index (χ1n) is 6.91. The lowest BCUT2D eigenvalue weighted by atomic mass is 9.75. The highest BCUT2D eigenvalue weighted by Crippen LogP contribution is 2.31. The average Bonchev–Trinajstić information content (AvgIpc) is 2.42. The second kappa shape index (κ2) is 7.75. The van der Waals surface area contributed by atoms with E-state index in [4.69, 9.17) is 4.74 Å². The van der Waals surface area contributed by atoms with Crippen molar-refractivity contribution in [1.29, 1.82) is 0 Å². The number of carbonyl (C=O) groups is 1. The highest BCUT2D eigenvalue weighted by Gasteiger charge is 2.31. The Balaban J connectivity index is 2.73. The number of hydrogen-bond acceptors (Lipinski definition) is 2. The molecule has 20 heavy (non-hydrogen) atoms. The molecule has 0 aliphatic rings. The highest BCUT2D eigenvalue weighted by atomic mass is 79.9. The van der Waals surface area contributed by atoms with E-state index in [1.165, 1.54) is 0 Å². The largest absolute Gasteiger partial charge is 0.374 e. The number of ether oxygens (including phenoxy) is 1.